The van der Waals surface area contributed by atoms with E-state index >= 15 is 0 Å². The van der Waals surface area contributed by atoms with Crippen LogP contribution in [0.3, 0.4) is 0 Å². The molecule has 1 aliphatic carbocycles. The van der Waals surface area contributed by atoms with Crippen molar-refractivity contribution in [2.75, 3.05) is 13.2 Å². The molecule has 116 valence electrons. The number of rotatable bonds is 7. The number of hydrogen-bond donors (Lipinski definition) is 2. The Balaban J connectivity index is 1.61. The number of nitrogens with one attached hydrogen (secondary N) is 1. The van der Waals surface area contributed by atoms with E-state index in [9.17, 15) is 9.90 Å². The molecule has 1 aliphatic rings. The molecule has 0 aromatic heterocycles. The molecule has 0 radical (unpaired) electrons. The van der Waals surface area contributed by atoms with E-state index in [1.54, 1.807) is 0 Å². The molecule has 21 heavy (non-hydrogen) atoms. The molecule has 0 heterocycles. The second-order valence-electron chi connectivity index (χ2n) is 5.83. The maximum atomic E-state index is 11.7. The van der Waals surface area contributed by atoms with Gasteiger partial charge in [0.05, 0.1) is 19.1 Å². The molecule has 1 unspecified atom stereocenters. The zero-order valence-corrected chi connectivity index (χ0v) is 12.7. The van der Waals surface area contributed by atoms with Crippen LogP contribution in [0.2, 0.25) is 0 Å². The Morgan fingerprint density at radius 1 is 1.43 bits per heavy atom. The van der Waals surface area contributed by atoms with Crippen LogP contribution in [-0.2, 0) is 4.79 Å². The Morgan fingerprint density at radius 3 is 2.90 bits per heavy atom. The minimum absolute atomic E-state index is 0.0697. The van der Waals surface area contributed by atoms with Crippen LogP contribution in [0.25, 0.3) is 0 Å². The van der Waals surface area contributed by atoms with Gasteiger partial charge in [-0.25, -0.2) is 0 Å². The monoisotopic (exact) mass is 291 g/mol. The molecule has 1 amide bonds. The van der Waals surface area contributed by atoms with E-state index in [-0.39, 0.29) is 5.91 Å². The van der Waals surface area contributed by atoms with Gasteiger partial charge in [0.25, 0.3) is 0 Å². The first kappa shape index (κ1) is 15.8. The number of carbonyl (C=O) groups is 1. The molecule has 0 aliphatic heterocycles. The first-order valence-corrected chi connectivity index (χ1v) is 7.79. The topological polar surface area (TPSA) is 58.6 Å². The van der Waals surface area contributed by atoms with Crippen LogP contribution in [0.4, 0.5) is 0 Å². The molecule has 1 atom stereocenters. The third-order valence-corrected chi connectivity index (χ3v) is 4.04. The van der Waals surface area contributed by atoms with Crippen LogP contribution in [0.15, 0.2) is 24.3 Å². The number of hydrogen-bond acceptors (Lipinski definition) is 3. The predicted octanol–water partition coefficient (Wildman–Crippen LogP) is 2.43. The lowest BCUT2D eigenvalue weighted by Crippen LogP contribution is -2.36. The normalized spacial score (nSPS) is 16.7. The summed E-state index contributed by atoms with van der Waals surface area (Å²) in [5.74, 6) is 1.07. The van der Waals surface area contributed by atoms with Gasteiger partial charge < -0.3 is 15.2 Å². The van der Waals surface area contributed by atoms with Crippen LogP contribution in [0.5, 0.6) is 5.75 Å². The fourth-order valence-electron chi connectivity index (χ4n) is 2.78. The molecule has 0 spiro atoms. The lowest BCUT2D eigenvalue weighted by Gasteiger charge is -2.18. The fourth-order valence-corrected chi connectivity index (χ4v) is 2.78. The van der Waals surface area contributed by atoms with E-state index < -0.39 is 6.10 Å². The highest BCUT2D eigenvalue weighted by molar-refractivity contribution is 5.76. The van der Waals surface area contributed by atoms with Crippen LogP contribution in [0, 0.1) is 12.8 Å². The Bertz CT molecular complexity index is 455. The Hall–Kier alpha value is -1.55. The number of benzene rings is 1. The molecule has 2 N–H and O–H groups in total. The average Bonchev–Trinajstić information content (AvgIpc) is 2.99. The number of carbonyl (C=O) groups excluding carboxylic acids is 1. The predicted molar refractivity (Wildman–Crippen MR) is 82.3 cm³/mol. The summed E-state index contributed by atoms with van der Waals surface area (Å²) >= 11 is 0. The smallest absolute Gasteiger partial charge is 0.223 e. The van der Waals surface area contributed by atoms with Gasteiger partial charge >= 0.3 is 0 Å². The number of aryl methyl sites for hydroxylation is 1. The lowest BCUT2D eigenvalue weighted by molar-refractivity contribution is -0.122. The van der Waals surface area contributed by atoms with Crippen LogP contribution < -0.4 is 10.1 Å². The zero-order chi connectivity index (χ0) is 15.1. The van der Waals surface area contributed by atoms with Crippen molar-refractivity contribution >= 4 is 5.91 Å². The summed E-state index contributed by atoms with van der Waals surface area (Å²) in [6.07, 6.45) is 4.45. The molecule has 0 saturated heterocycles. The Kier molecular flexibility index (Phi) is 6.05. The van der Waals surface area contributed by atoms with Crippen molar-refractivity contribution in [2.24, 2.45) is 5.92 Å². The quantitative estimate of drug-likeness (QED) is 0.811. The first-order chi connectivity index (χ1) is 10.1. The molecule has 1 aromatic rings. The maximum Gasteiger partial charge on any atom is 0.223 e. The highest BCUT2D eigenvalue weighted by atomic mass is 16.5. The molecule has 0 bridgehead atoms. The third-order valence-electron chi connectivity index (χ3n) is 4.04. The number of amides is 1. The van der Waals surface area contributed by atoms with Crippen molar-refractivity contribution in [3.05, 3.63) is 29.8 Å². The molecule has 2 rings (SSSR count). The van der Waals surface area contributed by atoms with E-state index in [0.29, 0.717) is 25.5 Å². The molecule has 1 fully saturated rings. The van der Waals surface area contributed by atoms with Gasteiger partial charge in [0.15, 0.2) is 0 Å². The standard InChI is InChI=1S/C17H25NO3/c1-13-5-4-8-15(11-13)21-10-9-17(20)18-12-16(19)14-6-2-3-7-14/h4-5,8,11,14,16,19H,2-3,6-7,9-10,12H2,1H3,(H,18,20). The van der Waals surface area contributed by atoms with E-state index in [0.717, 1.165) is 24.2 Å². The van der Waals surface area contributed by atoms with Crippen molar-refractivity contribution in [1.29, 1.82) is 0 Å². The third kappa shape index (κ3) is 5.38. The van der Waals surface area contributed by atoms with Crippen LogP contribution in [0.1, 0.15) is 37.7 Å². The minimum atomic E-state index is -0.408. The van der Waals surface area contributed by atoms with Crippen molar-refractivity contribution in [1.82, 2.24) is 5.32 Å². The largest absolute Gasteiger partial charge is 0.493 e. The highest BCUT2D eigenvalue weighted by Gasteiger charge is 2.23. The summed E-state index contributed by atoms with van der Waals surface area (Å²) in [4.78, 5) is 11.7. The van der Waals surface area contributed by atoms with E-state index in [2.05, 4.69) is 5.32 Å². The minimum Gasteiger partial charge on any atom is -0.493 e. The van der Waals surface area contributed by atoms with Crippen molar-refractivity contribution in [2.45, 2.75) is 45.1 Å². The van der Waals surface area contributed by atoms with Gasteiger partial charge in [-0.1, -0.05) is 25.0 Å². The Morgan fingerprint density at radius 2 is 2.19 bits per heavy atom. The second kappa shape index (κ2) is 8.03. The van der Waals surface area contributed by atoms with Crippen LogP contribution >= 0.6 is 0 Å². The number of ether oxygens (including phenoxy) is 1. The zero-order valence-electron chi connectivity index (χ0n) is 12.7. The summed E-state index contributed by atoms with van der Waals surface area (Å²) in [6, 6.07) is 7.77. The SMILES string of the molecule is Cc1cccc(OCCC(=O)NCC(O)C2CCCC2)c1. The van der Waals surface area contributed by atoms with Gasteiger partial charge in [-0.3, -0.25) is 4.79 Å². The van der Waals surface area contributed by atoms with E-state index in [1.165, 1.54) is 12.8 Å². The number of aliphatic hydroxyl groups is 1. The first-order valence-electron chi connectivity index (χ1n) is 7.79. The Labute approximate surface area is 126 Å². The van der Waals surface area contributed by atoms with Gasteiger partial charge in [-0.2, -0.15) is 0 Å². The van der Waals surface area contributed by atoms with Gasteiger partial charge in [0.1, 0.15) is 5.75 Å². The van der Waals surface area contributed by atoms with E-state index in [1.807, 2.05) is 31.2 Å². The van der Waals surface area contributed by atoms with Gasteiger partial charge in [-0.05, 0) is 43.4 Å². The highest BCUT2D eigenvalue weighted by Crippen LogP contribution is 2.27. The summed E-state index contributed by atoms with van der Waals surface area (Å²) in [5, 5.41) is 12.8. The second-order valence-corrected chi connectivity index (χ2v) is 5.83. The maximum absolute atomic E-state index is 11.7. The molecular weight excluding hydrogens is 266 g/mol. The van der Waals surface area contributed by atoms with Gasteiger partial charge in [0.2, 0.25) is 5.91 Å². The molecular formula is C17H25NO3. The number of aliphatic hydroxyl groups excluding tert-OH is 1. The van der Waals surface area contributed by atoms with Crippen molar-refractivity contribution < 1.29 is 14.6 Å². The van der Waals surface area contributed by atoms with Crippen molar-refractivity contribution in [3.8, 4) is 5.75 Å². The summed E-state index contributed by atoms with van der Waals surface area (Å²) in [5.41, 5.74) is 1.14. The summed E-state index contributed by atoms with van der Waals surface area (Å²) in [7, 11) is 0. The molecule has 1 saturated carbocycles. The van der Waals surface area contributed by atoms with Crippen LogP contribution in [-0.4, -0.2) is 30.3 Å². The van der Waals surface area contributed by atoms with Crippen molar-refractivity contribution in [3.63, 3.8) is 0 Å². The molecule has 4 heteroatoms. The molecule has 4 nitrogen and oxygen atoms in total. The summed E-state index contributed by atoms with van der Waals surface area (Å²) < 4.78 is 5.54. The van der Waals surface area contributed by atoms with Gasteiger partial charge in [-0.15, -0.1) is 0 Å². The summed E-state index contributed by atoms with van der Waals surface area (Å²) in [6.45, 7) is 2.72. The lowest BCUT2D eigenvalue weighted by atomic mass is 10.0. The average molecular weight is 291 g/mol. The molecule has 1 aromatic carbocycles. The fraction of sp³-hybridized carbons (Fsp3) is 0.588. The van der Waals surface area contributed by atoms with Gasteiger partial charge in [0, 0.05) is 6.54 Å². The van der Waals surface area contributed by atoms with E-state index in [4.69, 9.17) is 4.74 Å².